The first-order valence-electron chi connectivity index (χ1n) is 4.75. The summed E-state index contributed by atoms with van der Waals surface area (Å²) in [5, 5.41) is 6.83. The van der Waals surface area contributed by atoms with Gasteiger partial charge in [0.15, 0.2) is 0 Å². The van der Waals surface area contributed by atoms with Gasteiger partial charge in [-0.15, -0.1) is 0 Å². The van der Waals surface area contributed by atoms with E-state index in [1.165, 1.54) is 0 Å². The van der Waals surface area contributed by atoms with Crippen molar-refractivity contribution < 1.29 is 9.53 Å². The maximum absolute atomic E-state index is 11.5. The topological polar surface area (TPSA) is 38.3 Å². The van der Waals surface area contributed by atoms with Gasteiger partial charge in [0.05, 0.1) is 0 Å². The maximum Gasteiger partial charge on any atom is 0.249 e. The van der Waals surface area contributed by atoms with Crippen molar-refractivity contribution in [2.45, 2.75) is 26.5 Å². The Morgan fingerprint density at radius 3 is 2.93 bits per heavy atom. The van der Waals surface area contributed by atoms with Crippen molar-refractivity contribution >= 4 is 33.2 Å². The molecule has 0 saturated heterocycles. The average molecular weight is 292 g/mol. The summed E-state index contributed by atoms with van der Waals surface area (Å²) in [6.45, 7) is 4.72. The summed E-state index contributed by atoms with van der Waals surface area (Å²) in [6.07, 6.45) is -0.382. The minimum absolute atomic E-state index is 0.0741. The molecular formula is C10H14BrNO2S. The molecule has 0 bridgehead atoms. The predicted molar refractivity (Wildman–Crippen MR) is 65.0 cm³/mol. The van der Waals surface area contributed by atoms with Gasteiger partial charge in [-0.1, -0.05) is 0 Å². The lowest BCUT2D eigenvalue weighted by Gasteiger charge is -2.11. The minimum Gasteiger partial charge on any atom is -0.369 e. The molecule has 0 fully saturated rings. The van der Waals surface area contributed by atoms with E-state index in [1.807, 2.05) is 17.7 Å². The second-order valence-electron chi connectivity index (χ2n) is 3.06. The third kappa shape index (κ3) is 3.93. The van der Waals surface area contributed by atoms with Crippen LogP contribution in [0, 0.1) is 0 Å². The van der Waals surface area contributed by atoms with Crippen molar-refractivity contribution in [3.63, 3.8) is 0 Å². The fraction of sp³-hybridized carbons (Fsp3) is 0.500. The van der Waals surface area contributed by atoms with Crippen molar-refractivity contribution in [2.24, 2.45) is 0 Å². The first-order valence-corrected chi connectivity index (χ1v) is 6.48. The summed E-state index contributed by atoms with van der Waals surface area (Å²) < 4.78 is 6.22. The van der Waals surface area contributed by atoms with Gasteiger partial charge in [0.2, 0.25) is 5.91 Å². The third-order valence-electron chi connectivity index (χ3n) is 1.93. The van der Waals surface area contributed by atoms with Crippen LogP contribution in [-0.2, 0) is 16.1 Å². The number of hydrogen-bond acceptors (Lipinski definition) is 3. The molecule has 1 unspecified atom stereocenters. The number of nitrogens with one attached hydrogen (secondary N) is 1. The van der Waals surface area contributed by atoms with Crippen LogP contribution >= 0.6 is 27.3 Å². The summed E-state index contributed by atoms with van der Waals surface area (Å²) in [5.41, 5.74) is 1.09. The fourth-order valence-corrected chi connectivity index (χ4v) is 2.53. The van der Waals surface area contributed by atoms with E-state index in [-0.39, 0.29) is 12.0 Å². The highest BCUT2D eigenvalue weighted by Crippen LogP contribution is 2.20. The van der Waals surface area contributed by atoms with Gasteiger partial charge in [-0.25, -0.2) is 0 Å². The lowest BCUT2D eigenvalue weighted by Crippen LogP contribution is -2.34. The number of rotatable bonds is 5. The average Bonchev–Trinajstić information content (AvgIpc) is 2.61. The molecule has 15 heavy (non-hydrogen) atoms. The van der Waals surface area contributed by atoms with E-state index in [0.717, 1.165) is 10.0 Å². The minimum atomic E-state index is -0.382. The third-order valence-corrected chi connectivity index (χ3v) is 3.76. The van der Waals surface area contributed by atoms with Crippen molar-refractivity contribution in [1.29, 1.82) is 0 Å². The normalized spacial score (nSPS) is 12.5. The Morgan fingerprint density at radius 1 is 1.67 bits per heavy atom. The van der Waals surface area contributed by atoms with Gasteiger partial charge < -0.3 is 10.1 Å². The van der Waals surface area contributed by atoms with Gasteiger partial charge in [-0.2, -0.15) is 11.3 Å². The van der Waals surface area contributed by atoms with Gasteiger partial charge >= 0.3 is 0 Å². The lowest BCUT2D eigenvalue weighted by atomic mass is 10.3. The first kappa shape index (κ1) is 12.7. The zero-order valence-electron chi connectivity index (χ0n) is 8.75. The highest BCUT2D eigenvalue weighted by Gasteiger charge is 2.12. The van der Waals surface area contributed by atoms with E-state index < -0.39 is 0 Å². The number of carbonyl (C=O) groups is 1. The highest BCUT2D eigenvalue weighted by molar-refractivity contribution is 9.10. The van der Waals surface area contributed by atoms with Crippen LogP contribution in [0.15, 0.2) is 15.2 Å². The number of ether oxygens (including phenoxy) is 1. The van der Waals surface area contributed by atoms with Crippen LogP contribution in [0.5, 0.6) is 0 Å². The van der Waals surface area contributed by atoms with Gasteiger partial charge in [-0.05, 0) is 40.7 Å². The Labute approximate surface area is 102 Å². The molecule has 0 aliphatic rings. The van der Waals surface area contributed by atoms with Crippen LogP contribution in [-0.4, -0.2) is 18.6 Å². The molecule has 0 spiro atoms. The molecule has 0 aliphatic carbocycles. The van der Waals surface area contributed by atoms with Gasteiger partial charge in [0.25, 0.3) is 0 Å². The molecule has 1 atom stereocenters. The summed E-state index contributed by atoms with van der Waals surface area (Å²) in [6, 6.07) is 0. The number of carbonyl (C=O) groups excluding carboxylic acids is 1. The van der Waals surface area contributed by atoms with E-state index in [2.05, 4.69) is 21.2 Å². The monoisotopic (exact) mass is 291 g/mol. The predicted octanol–water partition coefficient (Wildman–Crippen LogP) is 2.55. The fourth-order valence-electron chi connectivity index (χ4n) is 1.09. The Kier molecular flexibility index (Phi) is 5.28. The number of hydrogen-bond donors (Lipinski definition) is 1. The van der Waals surface area contributed by atoms with Crippen LogP contribution in [0.4, 0.5) is 0 Å². The molecule has 84 valence electrons. The van der Waals surface area contributed by atoms with Crippen LogP contribution < -0.4 is 5.32 Å². The van der Waals surface area contributed by atoms with E-state index in [0.29, 0.717) is 13.2 Å². The summed E-state index contributed by atoms with van der Waals surface area (Å²) >= 11 is 5.02. The summed E-state index contributed by atoms with van der Waals surface area (Å²) in [7, 11) is 0. The van der Waals surface area contributed by atoms with Gasteiger partial charge in [-0.3, -0.25) is 4.79 Å². The summed E-state index contributed by atoms with van der Waals surface area (Å²) in [4.78, 5) is 11.5. The van der Waals surface area contributed by atoms with Crippen molar-refractivity contribution in [1.82, 2.24) is 5.32 Å². The van der Waals surface area contributed by atoms with Crippen molar-refractivity contribution in [3.05, 3.63) is 20.8 Å². The molecule has 5 heteroatoms. The Hall–Kier alpha value is -0.390. The highest BCUT2D eigenvalue weighted by atomic mass is 79.9. The SMILES string of the molecule is CCOC(C)C(=O)NCc1cscc1Br. The Bertz CT molecular complexity index is 327. The van der Waals surface area contributed by atoms with Crippen LogP contribution in [0.1, 0.15) is 19.4 Å². The Morgan fingerprint density at radius 2 is 2.40 bits per heavy atom. The molecule has 0 radical (unpaired) electrons. The largest absolute Gasteiger partial charge is 0.369 e. The molecule has 1 N–H and O–H groups in total. The molecule has 1 aromatic rings. The number of thiophene rings is 1. The molecule has 1 amide bonds. The van der Waals surface area contributed by atoms with Crippen molar-refractivity contribution in [2.75, 3.05) is 6.61 Å². The van der Waals surface area contributed by atoms with Crippen LogP contribution in [0.2, 0.25) is 0 Å². The molecule has 3 nitrogen and oxygen atoms in total. The molecule has 1 rings (SSSR count). The standard InChI is InChI=1S/C10H14BrNO2S/c1-3-14-7(2)10(13)12-4-8-5-15-6-9(8)11/h5-7H,3-4H2,1-2H3,(H,12,13). The number of halogens is 1. The van der Waals surface area contributed by atoms with E-state index in [9.17, 15) is 4.79 Å². The second kappa shape index (κ2) is 6.25. The van der Waals surface area contributed by atoms with E-state index in [1.54, 1.807) is 18.3 Å². The number of amides is 1. The molecule has 1 heterocycles. The molecule has 0 aromatic carbocycles. The van der Waals surface area contributed by atoms with Crippen LogP contribution in [0.25, 0.3) is 0 Å². The zero-order valence-corrected chi connectivity index (χ0v) is 11.2. The lowest BCUT2D eigenvalue weighted by molar-refractivity contribution is -0.131. The van der Waals surface area contributed by atoms with Crippen LogP contribution in [0.3, 0.4) is 0 Å². The maximum atomic E-state index is 11.5. The molecule has 1 aromatic heterocycles. The Balaban J connectivity index is 2.37. The summed E-state index contributed by atoms with van der Waals surface area (Å²) in [5.74, 6) is -0.0741. The second-order valence-corrected chi connectivity index (χ2v) is 4.66. The quantitative estimate of drug-likeness (QED) is 0.905. The molecular weight excluding hydrogens is 278 g/mol. The van der Waals surface area contributed by atoms with E-state index >= 15 is 0 Å². The first-order chi connectivity index (χ1) is 7.15. The smallest absolute Gasteiger partial charge is 0.249 e. The van der Waals surface area contributed by atoms with Crippen molar-refractivity contribution in [3.8, 4) is 0 Å². The van der Waals surface area contributed by atoms with Gasteiger partial charge in [0.1, 0.15) is 6.10 Å². The molecule has 0 aliphatic heterocycles. The van der Waals surface area contributed by atoms with E-state index in [4.69, 9.17) is 4.74 Å². The molecule has 0 saturated carbocycles. The van der Waals surface area contributed by atoms with Gasteiger partial charge in [0, 0.05) is 23.0 Å². The zero-order chi connectivity index (χ0) is 11.3.